The summed E-state index contributed by atoms with van der Waals surface area (Å²) in [5.74, 6) is 0.903. The van der Waals surface area contributed by atoms with Gasteiger partial charge in [0.2, 0.25) is 10.0 Å². The maximum absolute atomic E-state index is 12.3. The van der Waals surface area contributed by atoms with Crippen molar-refractivity contribution >= 4 is 33.4 Å². The maximum atomic E-state index is 12.3. The minimum Gasteiger partial charge on any atom is -0.326 e. The molecule has 0 aliphatic heterocycles. The topological polar surface area (TPSA) is 72.2 Å². The van der Waals surface area contributed by atoms with Crippen LogP contribution in [0.2, 0.25) is 5.02 Å². The molecule has 19 heavy (non-hydrogen) atoms. The third-order valence-electron chi connectivity index (χ3n) is 2.63. The summed E-state index contributed by atoms with van der Waals surface area (Å²) in [6.45, 7) is 2.12. The van der Waals surface area contributed by atoms with Crippen LogP contribution in [0.4, 0.5) is 0 Å². The quantitative estimate of drug-likeness (QED) is 0.807. The average Bonchev–Trinajstić information content (AvgIpc) is 2.36. The third kappa shape index (κ3) is 4.96. The lowest BCUT2D eigenvalue weighted by atomic mass is 10.2. The van der Waals surface area contributed by atoms with Crippen LogP contribution in [0.3, 0.4) is 0 Å². The number of benzene rings is 1. The van der Waals surface area contributed by atoms with Crippen LogP contribution in [-0.2, 0) is 16.6 Å². The van der Waals surface area contributed by atoms with E-state index in [9.17, 15) is 8.42 Å². The zero-order chi connectivity index (χ0) is 14.5. The summed E-state index contributed by atoms with van der Waals surface area (Å²) in [7, 11) is -3.60. The molecule has 1 unspecified atom stereocenters. The first-order valence-corrected chi connectivity index (χ1v) is 9.16. The minimum absolute atomic E-state index is 0.0909. The van der Waals surface area contributed by atoms with Crippen molar-refractivity contribution in [3.63, 3.8) is 0 Å². The van der Waals surface area contributed by atoms with Gasteiger partial charge in [-0.1, -0.05) is 17.7 Å². The van der Waals surface area contributed by atoms with E-state index in [1.165, 1.54) is 6.07 Å². The van der Waals surface area contributed by atoms with Crippen molar-refractivity contribution in [1.82, 2.24) is 4.72 Å². The number of rotatable bonds is 7. The summed E-state index contributed by atoms with van der Waals surface area (Å²) < 4.78 is 27.1. The molecule has 108 valence electrons. The van der Waals surface area contributed by atoms with Gasteiger partial charge in [0.1, 0.15) is 4.90 Å². The molecule has 1 aromatic carbocycles. The number of nitrogens with two attached hydrogens (primary N) is 1. The maximum Gasteiger partial charge on any atom is 0.242 e. The van der Waals surface area contributed by atoms with Gasteiger partial charge in [-0.15, -0.1) is 0 Å². The Morgan fingerprint density at radius 3 is 2.74 bits per heavy atom. The van der Waals surface area contributed by atoms with Crippen LogP contribution in [0.1, 0.15) is 18.9 Å². The SMILES string of the molecule is CSCCC(C)NS(=O)(=O)c1cc(CN)ccc1Cl. The van der Waals surface area contributed by atoms with Crippen molar-refractivity contribution in [3.05, 3.63) is 28.8 Å². The normalized spacial score (nSPS) is 13.5. The van der Waals surface area contributed by atoms with Gasteiger partial charge < -0.3 is 5.73 Å². The standard InChI is InChI=1S/C12H19ClN2O2S2/c1-9(5-6-18-2)15-19(16,17)12-7-10(8-14)3-4-11(12)13/h3-4,7,9,15H,5-6,8,14H2,1-2H3. The van der Waals surface area contributed by atoms with Crippen molar-refractivity contribution in [2.75, 3.05) is 12.0 Å². The fraction of sp³-hybridized carbons (Fsp3) is 0.500. The second kappa shape index (κ2) is 7.50. The lowest BCUT2D eigenvalue weighted by Gasteiger charge is -2.15. The Labute approximate surface area is 124 Å². The lowest BCUT2D eigenvalue weighted by Crippen LogP contribution is -2.33. The van der Waals surface area contributed by atoms with Crippen LogP contribution in [-0.4, -0.2) is 26.5 Å². The molecule has 4 nitrogen and oxygen atoms in total. The molecule has 1 atom stereocenters. The van der Waals surface area contributed by atoms with Gasteiger partial charge in [-0.05, 0) is 43.0 Å². The number of halogens is 1. The predicted octanol–water partition coefficient (Wildman–Crippen LogP) is 2.22. The minimum atomic E-state index is -3.60. The Hall–Kier alpha value is -0.270. The Balaban J connectivity index is 2.93. The highest BCUT2D eigenvalue weighted by Gasteiger charge is 2.20. The van der Waals surface area contributed by atoms with E-state index >= 15 is 0 Å². The van der Waals surface area contributed by atoms with Gasteiger partial charge in [-0.2, -0.15) is 11.8 Å². The predicted molar refractivity (Wildman–Crippen MR) is 82.1 cm³/mol. The zero-order valence-electron chi connectivity index (χ0n) is 11.0. The number of thioether (sulfide) groups is 1. The van der Waals surface area contributed by atoms with Crippen LogP contribution in [0, 0.1) is 0 Å². The molecule has 7 heteroatoms. The smallest absolute Gasteiger partial charge is 0.242 e. The summed E-state index contributed by atoms with van der Waals surface area (Å²) in [5.41, 5.74) is 6.26. The van der Waals surface area contributed by atoms with Gasteiger partial charge in [0.15, 0.2) is 0 Å². The first kappa shape index (κ1) is 16.8. The van der Waals surface area contributed by atoms with E-state index in [0.717, 1.165) is 17.7 Å². The van der Waals surface area contributed by atoms with Crippen LogP contribution in [0.5, 0.6) is 0 Å². The van der Waals surface area contributed by atoms with E-state index in [4.69, 9.17) is 17.3 Å². The average molecular weight is 323 g/mol. The first-order valence-electron chi connectivity index (χ1n) is 5.90. The largest absolute Gasteiger partial charge is 0.326 e. The zero-order valence-corrected chi connectivity index (χ0v) is 13.4. The molecule has 0 fully saturated rings. The second-order valence-electron chi connectivity index (χ2n) is 4.27. The Morgan fingerprint density at radius 2 is 2.16 bits per heavy atom. The van der Waals surface area contributed by atoms with Crippen molar-refractivity contribution in [2.24, 2.45) is 5.73 Å². The number of nitrogens with one attached hydrogen (secondary N) is 1. The van der Waals surface area contributed by atoms with Crippen molar-refractivity contribution in [1.29, 1.82) is 0 Å². The molecular formula is C12H19ClN2O2S2. The highest BCUT2D eigenvalue weighted by Crippen LogP contribution is 2.23. The van der Waals surface area contributed by atoms with Crippen molar-refractivity contribution in [3.8, 4) is 0 Å². The highest BCUT2D eigenvalue weighted by molar-refractivity contribution is 7.98. The highest BCUT2D eigenvalue weighted by atomic mass is 35.5. The lowest BCUT2D eigenvalue weighted by molar-refractivity contribution is 0.557. The molecule has 0 bridgehead atoms. The van der Waals surface area contributed by atoms with Gasteiger partial charge in [-0.3, -0.25) is 0 Å². The number of hydrogen-bond acceptors (Lipinski definition) is 4. The molecule has 0 aliphatic rings. The third-order valence-corrected chi connectivity index (χ3v) is 5.35. The summed E-state index contributed by atoms with van der Waals surface area (Å²) in [4.78, 5) is 0.0909. The van der Waals surface area contributed by atoms with E-state index in [1.807, 2.05) is 13.2 Å². The fourth-order valence-corrected chi connectivity index (χ4v) is 3.98. The van der Waals surface area contributed by atoms with E-state index in [0.29, 0.717) is 0 Å². The first-order chi connectivity index (χ1) is 8.90. The van der Waals surface area contributed by atoms with Crippen LogP contribution >= 0.6 is 23.4 Å². The van der Waals surface area contributed by atoms with Gasteiger partial charge in [-0.25, -0.2) is 13.1 Å². The van der Waals surface area contributed by atoms with Crippen LogP contribution < -0.4 is 10.5 Å². The molecule has 0 radical (unpaired) electrons. The Morgan fingerprint density at radius 1 is 1.47 bits per heavy atom. The molecule has 0 saturated heterocycles. The fourth-order valence-electron chi connectivity index (χ4n) is 1.56. The van der Waals surface area contributed by atoms with Crippen LogP contribution in [0.15, 0.2) is 23.1 Å². The molecule has 0 spiro atoms. The summed E-state index contributed by atoms with van der Waals surface area (Å²) in [6.07, 6.45) is 2.76. The van der Waals surface area contributed by atoms with Crippen LogP contribution in [0.25, 0.3) is 0 Å². The summed E-state index contributed by atoms with van der Waals surface area (Å²) in [5, 5.41) is 0.210. The van der Waals surface area contributed by atoms with E-state index < -0.39 is 10.0 Å². The summed E-state index contributed by atoms with van der Waals surface area (Å²) >= 11 is 7.64. The van der Waals surface area contributed by atoms with Gasteiger partial charge in [0.05, 0.1) is 5.02 Å². The summed E-state index contributed by atoms with van der Waals surface area (Å²) in [6, 6.07) is 4.67. The molecule has 3 N–H and O–H groups in total. The molecule has 1 aromatic rings. The molecule has 1 rings (SSSR count). The van der Waals surface area contributed by atoms with Gasteiger partial charge in [0.25, 0.3) is 0 Å². The Bertz CT molecular complexity index is 520. The number of sulfonamides is 1. The monoisotopic (exact) mass is 322 g/mol. The van der Waals surface area contributed by atoms with Gasteiger partial charge >= 0.3 is 0 Å². The molecule has 0 aliphatic carbocycles. The van der Waals surface area contributed by atoms with E-state index in [-0.39, 0.29) is 22.5 Å². The van der Waals surface area contributed by atoms with Crippen molar-refractivity contribution in [2.45, 2.75) is 30.8 Å². The van der Waals surface area contributed by atoms with Crippen molar-refractivity contribution < 1.29 is 8.42 Å². The van der Waals surface area contributed by atoms with E-state index in [1.54, 1.807) is 23.9 Å². The number of hydrogen-bond donors (Lipinski definition) is 2. The molecular weight excluding hydrogens is 304 g/mol. The van der Waals surface area contributed by atoms with E-state index in [2.05, 4.69) is 4.72 Å². The molecule has 0 amide bonds. The Kier molecular flexibility index (Phi) is 6.62. The molecule has 0 saturated carbocycles. The second-order valence-corrected chi connectivity index (χ2v) is 7.35. The van der Waals surface area contributed by atoms with Gasteiger partial charge in [0, 0.05) is 12.6 Å². The molecule has 0 aromatic heterocycles. The molecule has 0 heterocycles.